The minimum atomic E-state index is -0.494. The first-order chi connectivity index (χ1) is 32.0. The number of nitrogens with two attached hydrogens (primary N) is 1. The van der Waals surface area contributed by atoms with Crippen molar-refractivity contribution in [2.75, 3.05) is 78.3 Å². The molecule has 0 bridgehead atoms. The maximum atomic E-state index is 13.3. The van der Waals surface area contributed by atoms with Gasteiger partial charge in [-0.15, -0.1) is 0 Å². The molecule has 2 aliphatic carbocycles. The van der Waals surface area contributed by atoms with Gasteiger partial charge in [0.05, 0.1) is 40.5 Å². The molecule has 4 atom stereocenters. The molecule has 2 aromatic heterocycles. The van der Waals surface area contributed by atoms with Crippen LogP contribution in [0.1, 0.15) is 62.8 Å². The summed E-state index contributed by atoms with van der Waals surface area (Å²) in [5.41, 5.74) is 9.94. The van der Waals surface area contributed by atoms with Gasteiger partial charge in [0.15, 0.2) is 0 Å². The molecule has 352 valence electrons. The first-order valence-corrected chi connectivity index (χ1v) is 23.9. The quantitative estimate of drug-likeness (QED) is 0.117. The van der Waals surface area contributed by atoms with Crippen molar-refractivity contribution in [2.24, 2.45) is 35.5 Å². The van der Waals surface area contributed by atoms with Gasteiger partial charge in [0.1, 0.15) is 17.3 Å². The number of halogens is 2. The van der Waals surface area contributed by atoms with Crippen LogP contribution in [0.25, 0.3) is 22.5 Å². The van der Waals surface area contributed by atoms with Gasteiger partial charge in [-0.3, -0.25) is 24.7 Å². The Morgan fingerprint density at radius 1 is 0.621 bits per heavy atom. The molecule has 4 saturated heterocycles. The van der Waals surface area contributed by atoms with Gasteiger partial charge in [0, 0.05) is 63.6 Å². The van der Waals surface area contributed by atoms with Crippen molar-refractivity contribution in [3.63, 3.8) is 0 Å². The molecule has 3 N–H and O–H groups in total. The summed E-state index contributed by atoms with van der Waals surface area (Å²) in [6, 6.07) is 18.6. The maximum absolute atomic E-state index is 13.3. The molecule has 6 heterocycles. The van der Waals surface area contributed by atoms with Crippen molar-refractivity contribution in [1.29, 1.82) is 0 Å². The van der Waals surface area contributed by atoms with E-state index in [0.29, 0.717) is 52.0 Å². The Morgan fingerprint density at radius 3 is 1.41 bits per heavy atom. The van der Waals surface area contributed by atoms with Gasteiger partial charge in [0.2, 0.25) is 11.8 Å². The Morgan fingerprint density at radius 2 is 1.00 bits per heavy atom. The molecular formula is C51H64F2N8O5. The van der Waals surface area contributed by atoms with Crippen LogP contribution in [0.4, 0.5) is 20.2 Å². The number of hydrogen-bond acceptors (Lipinski definition) is 10. The Balaban J connectivity index is 0.000000173. The molecule has 4 aliphatic heterocycles. The van der Waals surface area contributed by atoms with Crippen LogP contribution in [0, 0.1) is 57.3 Å². The molecule has 2 saturated carbocycles. The largest absolute Gasteiger partial charge is 0.400 e. The van der Waals surface area contributed by atoms with Crippen LogP contribution in [-0.2, 0) is 22.4 Å². The summed E-state index contributed by atoms with van der Waals surface area (Å²) in [5, 5.41) is 18.5. The smallest absolute Gasteiger partial charge is 0.291 e. The van der Waals surface area contributed by atoms with Gasteiger partial charge in [-0.05, 0) is 180 Å². The molecule has 6 aliphatic rings. The zero-order valence-electron chi connectivity index (χ0n) is 38.1. The van der Waals surface area contributed by atoms with Crippen LogP contribution in [0.2, 0.25) is 0 Å². The van der Waals surface area contributed by atoms with Crippen LogP contribution in [0.5, 0.6) is 0 Å². The molecule has 4 unspecified atom stereocenters. The SMILES string of the molecule is CO.Nc1ccc(-c2ccc(F)cc2)nc1CC(=O)N1CC2CC(CN3CCCC3)CC2C1.O=C(Cc1nc(-c2ccc(F)cc2)ccc1[N+](=O)[O-])N1CC2CC(CN3CCCC3)CC2C1. The molecule has 0 spiro atoms. The van der Waals surface area contributed by atoms with Gasteiger partial charge < -0.3 is 30.4 Å². The predicted octanol–water partition coefficient (Wildman–Crippen LogP) is 7.12. The van der Waals surface area contributed by atoms with Gasteiger partial charge in [0.25, 0.3) is 5.69 Å². The fourth-order valence-corrected chi connectivity index (χ4v) is 11.7. The third-order valence-electron chi connectivity index (χ3n) is 14.9. The number of rotatable bonds is 11. The molecule has 2 amide bonds. The number of pyridine rings is 2. The van der Waals surface area contributed by atoms with E-state index >= 15 is 0 Å². The van der Waals surface area contributed by atoms with Gasteiger partial charge in [-0.2, -0.15) is 0 Å². The number of benzene rings is 2. The lowest BCUT2D eigenvalue weighted by Crippen LogP contribution is -2.32. The predicted molar refractivity (Wildman–Crippen MR) is 250 cm³/mol. The second-order valence-corrected chi connectivity index (χ2v) is 19.3. The summed E-state index contributed by atoms with van der Waals surface area (Å²) >= 11 is 0. The third-order valence-corrected chi connectivity index (χ3v) is 14.9. The van der Waals surface area contributed by atoms with Crippen LogP contribution >= 0.6 is 0 Å². The number of aliphatic hydroxyl groups excluding tert-OH is 1. The summed E-state index contributed by atoms with van der Waals surface area (Å²) in [7, 11) is 1.00. The summed E-state index contributed by atoms with van der Waals surface area (Å²) < 4.78 is 26.5. The summed E-state index contributed by atoms with van der Waals surface area (Å²) in [4.78, 5) is 55.3. The molecule has 15 heteroatoms. The average molecular weight is 907 g/mol. The lowest BCUT2D eigenvalue weighted by Gasteiger charge is -2.22. The standard InChI is InChI=1S/C25H29FN4O3.C25H31FN4O.CH4O/c26-21-5-3-18(4-6-21)22-7-8-24(30(32)33)23(27-22)13-25(31)29-15-19-11-17(12-20(19)16-29)14-28-9-1-2-10-28;26-21-5-3-18(4-6-21)23-8-7-22(27)24(28-23)13-25(31)30-15-19-11-17(12-20(19)16-30)14-29-9-1-2-10-29;1-2/h3-8,17,19-20H,1-2,9-16H2;3-8,17,19-20H,1-2,9-16,27H2;2H,1H3. The van der Waals surface area contributed by atoms with E-state index in [-0.39, 0.29) is 47.7 Å². The van der Waals surface area contributed by atoms with Crippen molar-refractivity contribution < 1.29 is 28.4 Å². The fraction of sp³-hybridized carbons (Fsp3) is 0.529. The second kappa shape index (κ2) is 21.5. The van der Waals surface area contributed by atoms with Crippen molar-refractivity contribution in [3.05, 3.63) is 106 Å². The van der Waals surface area contributed by atoms with E-state index in [1.807, 2.05) is 15.9 Å². The lowest BCUT2D eigenvalue weighted by molar-refractivity contribution is -0.385. The lowest BCUT2D eigenvalue weighted by atomic mass is 10.0. The number of aliphatic hydroxyl groups is 1. The molecule has 10 rings (SSSR count). The van der Waals surface area contributed by atoms with Crippen LogP contribution < -0.4 is 5.73 Å². The summed E-state index contributed by atoms with van der Waals surface area (Å²) in [6.07, 6.45) is 10.3. The van der Waals surface area contributed by atoms with Crippen LogP contribution in [-0.4, -0.2) is 124 Å². The summed E-state index contributed by atoms with van der Waals surface area (Å²) in [6.45, 7) is 10.6. The van der Waals surface area contributed by atoms with Gasteiger partial charge >= 0.3 is 0 Å². The molecule has 66 heavy (non-hydrogen) atoms. The zero-order chi connectivity index (χ0) is 46.3. The number of likely N-dealkylation sites (tertiary alicyclic amines) is 4. The normalized spacial score (nSPS) is 24.7. The number of hydrogen-bond donors (Lipinski definition) is 2. The van der Waals surface area contributed by atoms with E-state index in [9.17, 15) is 28.5 Å². The van der Waals surface area contributed by atoms with E-state index in [2.05, 4.69) is 19.8 Å². The third kappa shape index (κ3) is 11.4. The molecule has 4 aromatic rings. The highest BCUT2D eigenvalue weighted by molar-refractivity contribution is 5.81. The van der Waals surface area contributed by atoms with E-state index in [4.69, 9.17) is 10.8 Å². The van der Waals surface area contributed by atoms with Crippen LogP contribution in [0.15, 0.2) is 72.8 Å². The highest BCUT2D eigenvalue weighted by Gasteiger charge is 2.44. The molecular weight excluding hydrogens is 843 g/mol. The minimum Gasteiger partial charge on any atom is -0.400 e. The first kappa shape index (κ1) is 47.1. The zero-order valence-corrected chi connectivity index (χ0v) is 38.1. The monoisotopic (exact) mass is 906 g/mol. The Labute approximate surface area is 386 Å². The number of amides is 2. The Bertz CT molecular complexity index is 2280. The highest BCUT2D eigenvalue weighted by atomic mass is 19.1. The van der Waals surface area contributed by atoms with Crippen molar-refractivity contribution in [3.8, 4) is 22.5 Å². The Kier molecular flexibility index (Phi) is 15.4. The number of nitrogens with zero attached hydrogens (tertiary/aromatic N) is 7. The number of fused-ring (bicyclic) bond motifs is 2. The second-order valence-electron chi connectivity index (χ2n) is 19.3. The van der Waals surface area contributed by atoms with Crippen molar-refractivity contribution in [1.82, 2.24) is 29.6 Å². The van der Waals surface area contributed by atoms with E-state index in [0.717, 1.165) is 50.7 Å². The van der Waals surface area contributed by atoms with E-state index in [1.54, 1.807) is 36.4 Å². The number of carbonyl (C=O) groups is 2. The van der Waals surface area contributed by atoms with Crippen molar-refractivity contribution >= 4 is 23.2 Å². The van der Waals surface area contributed by atoms with Gasteiger partial charge in [-0.1, -0.05) is 0 Å². The highest BCUT2D eigenvalue weighted by Crippen LogP contribution is 2.43. The van der Waals surface area contributed by atoms with Gasteiger partial charge in [-0.25, -0.2) is 13.8 Å². The Hall–Kier alpha value is -5.38. The number of nitro groups is 1. The summed E-state index contributed by atoms with van der Waals surface area (Å²) in [5.74, 6) is 3.26. The van der Waals surface area contributed by atoms with Crippen LogP contribution in [0.3, 0.4) is 0 Å². The maximum Gasteiger partial charge on any atom is 0.291 e. The fourth-order valence-electron chi connectivity index (χ4n) is 11.7. The first-order valence-electron chi connectivity index (χ1n) is 23.9. The van der Waals surface area contributed by atoms with Crippen molar-refractivity contribution in [2.45, 2.75) is 64.2 Å². The molecule has 2 aromatic carbocycles. The number of aromatic nitrogens is 2. The minimum absolute atomic E-state index is 0.0952. The molecule has 13 nitrogen and oxygen atoms in total. The number of carbonyl (C=O) groups excluding carboxylic acids is 2. The molecule has 6 fully saturated rings. The number of anilines is 1. The topological polar surface area (TPSA) is 162 Å². The number of nitrogen functional groups attached to an aromatic ring is 1. The van der Waals surface area contributed by atoms with E-state index in [1.165, 1.54) is 121 Å². The molecule has 0 radical (unpaired) electrons. The van der Waals surface area contributed by atoms with E-state index < -0.39 is 4.92 Å². The average Bonchev–Trinajstić information content (AvgIpc) is 4.18.